The monoisotopic (exact) mass is 253 g/mol. The molecule has 1 amide bonds. The molecule has 0 aliphatic heterocycles. The zero-order valence-electron chi connectivity index (χ0n) is 11.2. The number of hydrogen-bond donors (Lipinski definition) is 0. The van der Waals surface area contributed by atoms with Gasteiger partial charge in [-0.25, -0.2) is 0 Å². The molecule has 0 unspecified atom stereocenters. The van der Waals surface area contributed by atoms with Gasteiger partial charge >= 0.3 is 5.37 Å². The molecule has 17 heavy (non-hydrogen) atoms. The molecule has 0 aromatic heterocycles. The first-order valence-electron chi connectivity index (χ1n) is 5.72. The van der Waals surface area contributed by atoms with Crippen molar-refractivity contribution in [3.05, 3.63) is 34.9 Å². The topological polar surface area (TPSA) is 20.3 Å². The first-order chi connectivity index (χ1) is 7.71. The van der Waals surface area contributed by atoms with E-state index in [2.05, 4.69) is 39.0 Å². The SMILES string of the molecule is Cc1ccc(C(C)(C)C)cc1CN(C)C(=O)Cl. The lowest BCUT2D eigenvalue weighted by Gasteiger charge is -2.22. The molecule has 1 aromatic rings. The lowest BCUT2D eigenvalue weighted by molar-refractivity contribution is 0.230. The molecule has 0 radical (unpaired) electrons. The first kappa shape index (κ1) is 14.0. The fourth-order valence-corrected chi connectivity index (χ4v) is 1.69. The molecule has 0 saturated heterocycles. The maximum atomic E-state index is 11.0. The molecule has 0 atom stereocenters. The number of benzene rings is 1. The Hall–Kier alpha value is -1.02. The summed E-state index contributed by atoms with van der Waals surface area (Å²) in [4.78, 5) is 12.5. The minimum atomic E-state index is -0.425. The third-order valence-corrected chi connectivity index (χ3v) is 3.21. The van der Waals surface area contributed by atoms with Gasteiger partial charge in [-0.1, -0.05) is 39.0 Å². The second-order valence-corrected chi connectivity index (χ2v) is 5.82. The summed E-state index contributed by atoms with van der Waals surface area (Å²) < 4.78 is 0. The van der Waals surface area contributed by atoms with Crippen molar-refractivity contribution in [1.82, 2.24) is 4.90 Å². The standard InChI is InChI=1S/C14H20ClNO/c1-10-6-7-12(14(2,3)4)8-11(10)9-16(5)13(15)17/h6-8H,9H2,1-5H3. The Kier molecular flexibility index (Phi) is 4.21. The van der Waals surface area contributed by atoms with E-state index in [0.717, 1.165) is 5.56 Å². The molecule has 0 saturated carbocycles. The Morgan fingerprint density at radius 1 is 1.35 bits per heavy atom. The van der Waals surface area contributed by atoms with E-state index in [1.807, 2.05) is 6.92 Å². The molecule has 1 aromatic carbocycles. The lowest BCUT2D eigenvalue weighted by atomic mass is 9.85. The molecule has 0 heterocycles. The van der Waals surface area contributed by atoms with Gasteiger partial charge in [0.05, 0.1) is 0 Å². The molecule has 0 N–H and O–H groups in total. The van der Waals surface area contributed by atoms with Crippen LogP contribution in [0.15, 0.2) is 18.2 Å². The Bertz CT molecular complexity index is 421. The number of halogens is 1. The summed E-state index contributed by atoms with van der Waals surface area (Å²) in [5.74, 6) is 0. The normalized spacial score (nSPS) is 11.4. The quantitative estimate of drug-likeness (QED) is 0.574. The van der Waals surface area contributed by atoms with Gasteiger partial charge in [-0.05, 0) is 40.6 Å². The summed E-state index contributed by atoms with van der Waals surface area (Å²) in [7, 11) is 1.71. The van der Waals surface area contributed by atoms with Gasteiger partial charge in [-0.15, -0.1) is 0 Å². The van der Waals surface area contributed by atoms with Gasteiger partial charge in [0.1, 0.15) is 0 Å². The molecule has 3 heteroatoms. The fraction of sp³-hybridized carbons (Fsp3) is 0.500. The van der Waals surface area contributed by atoms with Crippen LogP contribution in [0.25, 0.3) is 0 Å². The zero-order chi connectivity index (χ0) is 13.2. The maximum Gasteiger partial charge on any atom is 0.316 e. The Labute approximate surface area is 109 Å². The highest BCUT2D eigenvalue weighted by Gasteiger charge is 2.15. The molecular weight excluding hydrogens is 234 g/mol. The number of carbonyl (C=O) groups excluding carboxylic acids is 1. The van der Waals surface area contributed by atoms with E-state index in [1.165, 1.54) is 16.0 Å². The van der Waals surface area contributed by atoms with Crippen LogP contribution in [0.4, 0.5) is 4.79 Å². The van der Waals surface area contributed by atoms with Gasteiger partial charge in [0.25, 0.3) is 0 Å². The van der Waals surface area contributed by atoms with Crippen molar-refractivity contribution in [2.75, 3.05) is 7.05 Å². The van der Waals surface area contributed by atoms with Gasteiger partial charge in [0, 0.05) is 13.6 Å². The van der Waals surface area contributed by atoms with E-state index in [1.54, 1.807) is 7.05 Å². The predicted molar refractivity (Wildman–Crippen MR) is 72.6 cm³/mol. The molecule has 2 nitrogen and oxygen atoms in total. The number of rotatable bonds is 2. The van der Waals surface area contributed by atoms with Crippen molar-refractivity contribution >= 4 is 17.0 Å². The Morgan fingerprint density at radius 2 is 1.94 bits per heavy atom. The van der Waals surface area contributed by atoms with Crippen LogP contribution in [0.2, 0.25) is 0 Å². The van der Waals surface area contributed by atoms with Crippen molar-refractivity contribution in [3.63, 3.8) is 0 Å². The average molecular weight is 254 g/mol. The highest BCUT2D eigenvalue weighted by Crippen LogP contribution is 2.25. The van der Waals surface area contributed by atoms with Gasteiger partial charge in [-0.2, -0.15) is 0 Å². The molecule has 0 aliphatic rings. The molecule has 0 fully saturated rings. The van der Waals surface area contributed by atoms with Crippen LogP contribution in [0, 0.1) is 6.92 Å². The minimum Gasteiger partial charge on any atom is -0.328 e. The van der Waals surface area contributed by atoms with Gasteiger partial charge < -0.3 is 4.90 Å². The number of nitrogens with zero attached hydrogens (tertiary/aromatic N) is 1. The van der Waals surface area contributed by atoms with E-state index in [0.29, 0.717) is 6.54 Å². The van der Waals surface area contributed by atoms with Crippen molar-refractivity contribution in [2.45, 2.75) is 39.7 Å². The van der Waals surface area contributed by atoms with Crippen LogP contribution in [-0.4, -0.2) is 17.3 Å². The van der Waals surface area contributed by atoms with Gasteiger partial charge in [0.2, 0.25) is 0 Å². The van der Waals surface area contributed by atoms with Crippen LogP contribution in [0.1, 0.15) is 37.5 Å². The van der Waals surface area contributed by atoms with Gasteiger partial charge in [0.15, 0.2) is 0 Å². The highest BCUT2D eigenvalue weighted by atomic mass is 35.5. The van der Waals surface area contributed by atoms with E-state index in [9.17, 15) is 4.79 Å². The van der Waals surface area contributed by atoms with Crippen LogP contribution < -0.4 is 0 Å². The third-order valence-electron chi connectivity index (χ3n) is 2.92. The third kappa shape index (κ3) is 3.74. The summed E-state index contributed by atoms with van der Waals surface area (Å²) >= 11 is 5.45. The van der Waals surface area contributed by atoms with E-state index < -0.39 is 5.37 Å². The Morgan fingerprint density at radius 3 is 2.41 bits per heavy atom. The van der Waals surface area contributed by atoms with Crippen LogP contribution in [0.3, 0.4) is 0 Å². The smallest absolute Gasteiger partial charge is 0.316 e. The summed E-state index contributed by atoms with van der Waals surface area (Å²) in [6.45, 7) is 9.14. The summed E-state index contributed by atoms with van der Waals surface area (Å²) in [6, 6.07) is 6.40. The minimum absolute atomic E-state index is 0.117. The lowest BCUT2D eigenvalue weighted by Crippen LogP contribution is -2.21. The molecule has 0 bridgehead atoms. The maximum absolute atomic E-state index is 11.0. The van der Waals surface area contributed by atoms with E-state index >= 15 is 0 Å². The summed E-state index contributed by atoms with van der Waals surface area (Å²) in [5.41, 5.74) is 3.72. The van der Waals surface area contributed by atoms with Crippen molar-refractivity contribution in [3.8, 4) is 0 Å². The number of aryl methyl sites for hydroxylation is 1. The molecule has 94 valence electrons. The fourth-order valence-electron chi connectivity index (χ4n) is 1.63. The molecule has 1 rings (SSSR count). The van der Waals surface area contributed by atoms with E-state index in [-0.39, 0.29) is 5.41 Å². The van der Waals surface area contributed by atoms with E-state index in [4.69, 9.17) is 11.6 Å². The second kappa shape index (κ2) is 5.09. The summed E-state index contributed by atoms with van der Waals surface area (Å²) in [6.07, 6.45) is 0. The highest BCUT2D eigenvalue weighted by molar-refractivity contribution is 6.62. The average Bonchev–Trinajstić information content (AvgIpc) is 2.19. The number of amides is 1. The Balaban J connectivity index is 3.03. The van der Waals surface area contributed by atoms with Crippen LogP contribution in [0.5, 0.6) is 0 Å². The number of carbonyl (C=O) groups is 1. The molecule has 0 spiro atoms. The van der Waals surface area contributed by atoms with Crippen LogP contribution >= 0.6 is 11.6 Å². The number of hydrogen-bond acceptors (Lipinski definition) is 1. The zero-order valence-corrected chi connectivity index (χ0v) is 11.9. The molecule has 0 aliphatic carbocycles. The van der Waals surface area contributed by atoms with Gasteiger partial charge in [-0.3, -0.25) is 4.79 Å². The van der Waals surface area contributed by atoms with Crippen molar-refractivity contribution in [2.24, 2.45) is 0 Å². The molecular formula is C14H20ClNO. The van der Waals surface area contributed by atoms with Crippen molar-refractivity contribution < 1.29 is 4.79 Å². The van der Waals surface area contributed by atoms with Crippen LogP contribution in [-0.2, 0) is 12.0 Å². The largest absolute Gasteiger partial charge is 0.328 e. The second-order valence-electron chi connectivity index (χ2n) is 5.50. The predicted octanol–water partition coefficient (Wildman–Crippen LogP) is 4.08. The first-order valence-corrected chi connectivity index (χ1v) is 6.10. The summed E-state index contributed by atoms with van der Waals surface area (Å²) in [5, 5.41) is -0.425. The van der Waals surface area contributed by atoms with Crippen molar-refractivity contribution in [1.29, 1.82) is 0 Å².